The maximum absolute atomic E-state index is 13.3. The number of halogens is 1. The zero-order chi connectivity index (χ0) is 19.4. The van der Waals surface area contributed by atoms with Crippen LogP contribution in [0, 0.1) is 11.7 Å². The number of carbonyl (C=O) groups excluding carboxylic acids is 1. The van der Waals surface area contributed by atoms with Gasteiger partial charge in [-0.1, -0.05) is 6.07 Å². The van der Waals surface area contributed by atoms with Crippen LogP contribution in [-0.2, 0) is 14.8 Å². The predicted molar refractivity (Wildman–Crippen MR) is 99.0 cm³/mol. The quantitative estimate of drug-likeness (QED) is 0.588. The molecule has 1 aliphatic rings. The lowest BCUT2D eigenvalue weighted by molar-refractivity contribution is -0.119. The zero-order valence-corrected chi connectivity index (χ0v) is 15.2. The van der Waals surface area contributed by atoms with Gasteiger partial charge in [0.15, 0.2) is 5.37 Å². The Morgan fingerprint density at radius 3 is 2.59 bits per heavy atom. The number of carbonyl (C=O) groups is 1. The van der Waals surface area contributed by atoms with Gasteiger partial charge < -0.3 is 10.1 Å². The Balaban J connectivity index is 1.72. The van der Waals surface area contributed by atoms with Crippen LogP contribution in [0.4, 0.5) is 15.8 Å². The van der Waals surface area contributed by atoms with E-state index in [1.807, 2.05) is 0 Å². The van der Waals surface area contributed by atoms with Crippen molar-refractivity contribution >= 4 is 27.3 Å². The van der Waals surface area contributed by atoms with Gasteiger partial charge in [-0.05, 0) is 42.5 Å². The van der Waals surface area contributed by atoms with Crippen LogP contribution < -0.4 is 25.6 Å². The van der Waals surface area contributed by atoms with E-state index in [2.05, 4.69) is 20.9 Å². The highest BCUT2D eigenvalue weighted by atomic mass is 32.2. The molecule has 0 bridgehead atoms. The number of nitrogens with one attached hydrogen (secondary N) is 4. The third kappa shape index (κ3) is 4.54. The van der Waals surface area contributed by atoms with Crippen molar-refractivity contribution < 1.29 is 22.3 Å². The number of methoxy groups -OCH3 is 1. The van der Waals surface area contributed by atoms with Crippen LogP contribution in [0.1, 0.15) is 0 Å². The third-order valence-corrected chi connectivity index (χ3v) is 5.68. The minimum atomic E-state index is -3.93. The Morgan fingerprint density at radius 1 is 1.19 bits per heavy atom. The first-order valence-electron chi connectivity index (χ1n) is 8.09. The van der Waals surface area contributed by atoms with E-state index in [4.69, 9.17) is 4.74 Å². The summed E-state index contributed by atoms with van der Waals surface area (Å²) in [6.07, 6.45) is 0. The maximum atomic E-state index is 13.3. The van der Waals surface area contributed by atoms with E-state index in [1.165, 1.54) is 25.3 Å². The summed E-state index contributed by atoms with van der Waals surface area (Å²) in [6.45, 7) is 0.106. The number of ether oxygens (including phenoxy) is 1. The molecule has 1 saturated heterocycles. The Bertz CT molecular complexity index is 921. The third-order valence-electron chi connectivity index (χ3n) is 4.05. The monoisotopic (exact) mass is 394 g/mol. The fourth-order valence-electron chi connectivity index (χ4n) is 2.69. The van der Waals surface area contributed by atoms with E-state index >= 15 is 0 Å². The van der Waals surface area contributed by atoms with Crippen molar-refractivity contribution in [3.63, 3.8) is 0 Å². The van der Waals surface area contributed by atoms with E-state index in [9.17, 15) is 17.6 Å². The van der Waals surface area contributed by atoms with Gasteiger partial charge >= 0.3 is 0 Å². The molecule has 0 radical (unpaired) electrons. The molecule has 1 fully saturated rings. The molecule has 0 aromatic heterocycles. The summed E-state index contributed by atoms with van der Waals surface area (Å²) in [5.41, 5.74) is 5.89. The van der Waals surface area contributed by atoms with E-state index in [0.29, 0.717) is 11.4 Å². The fourth-order valence-corrected chi connectivity index (χ4v) is 4.17. The lowest BCUT2D eigenvalue weighted by Crippen LogP contribution is -2.45. The zero-order valence-electron chi connectivity index (χ0n) is 14.4. The van der Waals surface area contributed by atoms with E-state index in [1.54, 1.807) is 24.3 Å². The van der Waals surface area contributed by atoms with Crippen LogP contribution in [0.3, 0.4) is 0 Å². The van der Waals surface area contributed by atoms with Crippen LogP contribution in [0.15, 0.2) is 48.5 Å². The lowest BCUT2D eigenvalue weighted by atomic mass is 10.1. The molecule has 144 valence electrons. The Labute approximate surface area is 156 Å². The van der Waals surface area contributed by atoms with Crippen LogP contribution in [0.2, 0.25) is 0 Å². The van der Waals surface area contributed by atoms with Crippen molar-refractivity contribution in [1.29, 1.82) is 0 Å². The van der Waals surface area contributed by atoms with Gasteiger partial charge in [0.05, 0.1) is 13.0 Å². The largest absolute Gasteiger partial charge is 0.497 e. The second-order valence-electron chi connectivity index (χ2n) is 5.93. The smallest absolute Gasteiger partial charge is 0.250 e. The van der Waals surface area contributed by atoms with Gasteiger partial charge in [-0.2, -0.15) is 0 Å². The van der Waals surface area contributed by atoms with Crippen LogP contribution in [0.25, 0.3) is 0 Å². The van der Waals surface area contributed by atoms with Gasteiger partial charge in [-0.3, -0.25) is 14.9 Å². The number of rotatable bonds is 6. The van der Waals surface area contributed by atoms with Gasteiger partial charge in [0.2, 0.25) is 5.91 Å². The highest BCUT2D eigenvalue weighted by molar-refractivity contribution is 7.93. The van der Waals surface area contributed by atoms with Gasteiger partial charge in [0.1, 0.15) is 11.6 Å². The number of anilines is 2. The number of hydrazine groups is 1. The first kappa shape index (κ1) is 19.1. The molecule has 0 saturated carbocycles. The molecule has 1 heterocycles. The average Bonchev–Trinajstić information content (AvgIpc) is 3.13. The fraction of sp³-hybridized carbons (Fsp3) is 0.235. The summed E-state index contributed by atoms with van der Waals surface area (Å²) in [7, 11) is -2.42. The molecule has 0 aliphatic carbocycles. The molecule has 1 aliphatic heterocycles. The van der Waals surface area contributed by atoms with Crippen molar-refractivity contribution in [3.05, 3.63) is 54.3 Å². The second-order valence-corrected chi connectivity index (χ2v) is 7.73. The molecule has 2 aromatic carbocycles. The molecule has 2 aromatic rings. The summed E-state index contributed by atoms with van der Waals surface area (Å²) in [4.78, 5) is 12.5. The molecule has 1 amide bonds. The Kier molecular flexibility index (Phi) is 5.59. The molecular weight excluding hydrogens is 375 g/mol. The Morgan fingerprint density at radius 2 is 1.93 bits per heavy atom. The molecule has 10 heteroatoms. The summed E-state index contributed by atoms with van der Waals surface area (Å²) in [5.74, 6) is -1.36. The van der Waals surface area contributed by atoms with Gasteiger partial charge in [0, 0.05) is 17.9 Å². The van der Waals surface area contributed by atoms with Crippen molar-refractivity contribution in [1.82, 2.24) is 10.9 Å². The maximum Gasteiger partial charge on any atom is 0.250 e. The van der Waals surface area contributed by atoms with E-state index in [-0.39, 0.29) is 12.2 Å². The SMILES string of the molecule is COc1ccc(NS(=O)(=O)C2NNCC2C(=O)Nc2cccc(F)c2)cc1. The highest BCUT2D eigenvalue weighted by Gasteiger charge is 2.41. The van der Waals surface area contributed by atoms with Gasteiger partial charge in [-0.15, -0.1) is 0 Å². The molecule has 0 spiro atoms. The van der Waals surface area contributed by atoms with Gasteiger partial charge in [-0.25, -0.2) is 18.2 Å². The normalized spacial score (nSPS) is 19.5. The number of benzene rings is 2. The second kappa shape index (κ2) is 7.91. The minimum absolute atomic E-state index is 0.106. The molecule has 8 nitrogen and oxygen atoms in total. The van der Waals surface area contributed by atoms with E-state index < -0.39 is 33.0 Å². The lowest BCUT2D eigenvalue weighted by Gasteiger charge is -2.19. The molecule has 2 unspecified atom stereocenters. The molecule has 2 atom stereocenters. The minimum Gasteiger partial charge on any atom is -0.497 e. The van der Waals surface area contributed by atoms with Gasteiger partial charge in [0.25, 0.3) is 10.0 Å². The number of hydrogen-bond acceptors (Lipinski definition) is 6. The first-order valence-corrected chi connectivity index (χ1v) is 9.64. The molecule has 4 N–H and O–H groups in total. The van der Waals surface area contributed by atoms with E-state index in [0.717, 1.165) is 6.07 Å². The molecule has 27 heavy (non-hydrogen) atoms. The topological polar surface area (TPSA) is 109 Å². The highest BCUT2D eigenvalue weighted by Crippen LogP contribution is 2.22. The summed E-state index contributed by atoms with van der Waals surface area (Å²) in [5, 5.41) is 1.34. The van der Waals surface area contributed by atoms with Crippen LogP contribution >= 0.6 is 0 Å². The summed E-state index contributed by atoms with van der Waals surface area (Å²) >= 11 is 0. The average molecular weight is 394 g/mol. The number of amides is 1. The standard InChI is InChI=1S/C17H19FN4O4S/c1-26-14-7-5-12(6-8-14)22-27(24,25)17-15(10-19-21-17)16(23)20-13-4-2-3-11(18)9-13/h2-9,15,17,19,21-22H,10H2,1H3,(H,20,23). The van der Waals surface area contributed by atoms with Crippen molar-refractivity contribution in [2.75, 3.05) is 23.7 Å². The summed E-state index contributed by atoms with van der Waals surface area (Å²) < 4.78 is 46.1. The van der Waals surface area contributed by atoms with Crippen molar-refractivity contribution in [2.45, 2.75) is 5.37 Å². The van der Waals surface area contributed by atoms with Crippen molar-refractivity contribution in [2.24, 2.45) is 5.92 Å². The first-order chi connectivity index (χ1) is 12.9. The Hall–Kier alpha value is -2.69. The summed E-state index contributed by atoms with van der Waals surface area (Å²) in [6, 6.07) is 11.7. The number of sulfonamides is 1. The number of hydrogen-bond donors (Lipinski definition) is 4. The molecule has 3 rings (SSSR count). The van der Waals surface area contributed by atoms with Crippen LogP contribution in [-0.4, -0.2) is 33.4 Å². The van der Waals surface area contributed by atoms with Crippen molar-refractivity contribution in [3.8, 4) is 5.75 Å². The predicted octanol–water partition coefficient (Wildman–Crippen LogP) is 1.26. The van der Waals surface area contributed by atoms with Crippen LogP contribution in [0.5, 0.6) is 5.75 Å². The molecular formula is C17H19FN4O4S.